The molecule has 1 aromatic rings. The van der Waals surface area contributed by atoms with E-state index in [1.807, 2.05) is 0 Å². The minimum atomic E-state index is -0.446. The van der Waals surface area contributed by atoms with E-state index in [0.717, 1.165) is 31.6 Å². The number of aliphatic hydroxyl groups excluding tert-OH is 1. The van der Waals surface area contributed by atoms with Gasteiger partial charge in [0.25, 0.3) is 5.69 Å². The van der Waals surface area contributed by atoms with Crippen molar-refractivity contribution in [3.8, 4) is 0 Å². The fraction of sp³-hybridized carbons (Fsp3) is 0.600. The van der Waals surface area contributed by atoms with E-state index in [4.69, 9.17) is 5.11 Å². The molecule has 2 rings (SSSR count). The number of nitro benzene ring substituents is 1. The van der Waals surface area contributed by atoms with Crippen molar-refractivity contribution in [2.24, 2.45) is 0 Å². The molecule has 1 unspecified atom stereocenters. The van der Waals surface area contributed by atoms with Gasteiger partial charge in [-0.25, -0.2) is 0 Å². The molecule has 0 amide bonds. The number of aliphatic hydroxyl groups is 1. The van der Waals surface area contributed by atoms with Crippen LogP contribution in [0.15, 0.2) is 18.2 Å². The Hall–Kier alpha value is -1.66. The maximum absolute atomic E-state index is 11.0. The predicted octanol–water partition coefficient (Wildman–Crippen LogP) is 2.37. The fourth-order valence-electron chi connectivity index (χ4n) is 2.79. The van der Waals surface area contributed by atoms with E-state index in [0.29, 0.717) is 17.6 Å². The van der Waals surface area contributed by atoms with Crippen LogP contribution < -0.4 is 5.32 Å². The largest absolute Gasteiger partial charge is 0.391 e. The topological polar surface area (TPSA) is 78.6 Å². The molecule has 0 bridgehead atoms. The van der Waals surface area contributed by atoms with Crippen LogP contribution in [0.3, 0.4) is 0 Å². The number of hydrogen-bond acceptors (Lipinski definition) is 5. The highest BCUT2D eigenvalue weighted by atomic mass is 16.6. The van der Waals surface area contributed by atoms with Gasteiger partial charge in [-0.05, 0) is 45.4 Å². The number of nitrogens with one attached hydrogen (secondary N) is 1. The zero-order valence-electron chi connectivity index (χ0n) is 12.6. The molecule has 1 saturated heterocycles. The highest BCUT2D eigenvalue weighted by molar-refractivity contribution is 5.55. The molecule has 21 heavy (non-hydrogen) atoms. The molecule has 1 heterocycles. The van der Waals surface area contributed by atoms with Crippen molar-refractivity contribution in [2.45, 2.75) is 45.4 Å². The van der Waals surface area contributed by atoms with E-state index in [-0.39, 0.29) is 12.3 Å². The van der Waals surface area contributed by atoms with Crippen molar-refractivity contribution in [3.05, 3.63) is 33.9 Å². The van der Waals surface area contributed by atoms with Gasteiger partial charge in [0.1, 0.15) is 0 Å². The summed E-state index contributed by atoms with van der Waals surface area (Å²) in [5.74, 6) is 0. The molecule has 0 aromatic heterocycles. The average molecular weight is 293 g/mol. The SMILES string of the molecule is CC(C)N1CCCC(Nc2ccc(CO)c([N+](=O)[O-])c2)C1. The summed E-state index contributed by atoms with van der Waals surface area (Å²) >= 11 is 0. The smallest absolute Gasteiger partial charge is 0.276 e. The highest BCUT2D eigenvalue weighted by Crippen LogP contribution is 2.25. The molecule has 1 aromatic carbocycles. The summed E-state index contributed by atoms with van der Waals surface area (Å²) < 4.78 is 0. The molecule has 0 saturated carbocycles. The van der Waals surface area contributed by atoms with Crippen LogP contribution in [0.2, 0.25) is 0 Å². The Morgan fingerprint density at radius 2 is 2.29 bits per heavy atom. The second kappa shape index (κ2) is 6.87. The number of hydrogen-bond donors (Lipinski definition) is 2. The van der Waals surface area contributed by atoms with Crippen molar-refractivity contribution in [3.63, 3.8) is 0 Å². The number of nitro groups is 1. The highest BCUT2D eigenvalue weighted by Gasteiger charge is 2.22. The van der Waals surface area contributed by atoms with Crippen LogP contribution in [-0.2, 0) is 6.61 Å². The van der Waals surface area contributed by atoms with Crippen LogP contribution >= 0.6 is 0 Å². The summed E-state index contributed by atoms with van der Waals surface area (Å²) in [7, 11) is 0. The van der Waals surface area contributed by atoms with Crippen molar-refractivity contribution >= 4 is 11.4 Å². The number of benzene rings is 1. The Bertz CT molecular complexity index is 505. The molecule has 1 aliphatic rings. The summed E-state index contributed by atoms with van der Waals surface area (Å²) in [6, 6.07) is 5.75. The van der Waals surface area contributed by atoms with Gasteiger partial charge < -0.3 is 10.4 Å². The van der Waals surface area contributed by atoms with Gasteiger partial charge in [-0.15, -0.1) is 0 Å². The van der Waals surface area contributed by atoms with Crippen molar-refractivity contribution < 1.29 is 10.0 Å². The summed E-state index contributed by atoms with van der Waals surface area (Å²) in [4.78, 5) is 13.0. The molecule has 0 spiro atoms. The number of piperidine rings is 1. The predicted molar refractivity (Wildman–Crippen MR) is 82.4 cm³/mol. The molecule has 1 aliphatic heterocycles. The van der Waals surface area contributed by atoms with Crippen LogP contribution in [0.4, 0.5) is 11.4 Å². The number of anilines is 1. The molecule has 2 N–H and O–H groups in total. The van der Waals surface area contributed by atoms with Gasteiger partial charge in [-0.1, -0.05) is 0 Å². The molecule has 6 heteroatoms. The van der Waals surface area contributed by atoms with Crippen molar-refractivity contribution in [2.75, 3.05) is 18.4 Å². The summed E-state index contributed by atoms with van der Waals surface area (Å²) in [6.45, 7) is 6.11. The van der Waals surface area contributed by atoms with Gasteiger partial charge in [0.05, 0.1) is 17.1 Å². The molecule has 116 valence electrons. The first kappa shape index (κ1) is 15.7. The molecule has 0 radical (unpaired) electrons. The summed E-state index contributed by atoms with van der Waals surface area (Å²) in [6.07, 6.45) is 2.20. The summed E-state index contributed by atoms with van der Waals surface area (Å²) in [5, 5.41) is 23.6. The van der Waals surface area contributed by atoms with Crippen LogP contribution in [-0.4, -0.2) is 40.1 Å². The lowest BCUT2D eigenvalue weighted by Gasteiger charge is -2.36. The lowest BCUT2D eigenvalue weighted by molar-refractivity contribution is -0.385. The zero-order chi connectivity index (χ0) is 15.4. The third-order valence-corrected chi connectivity index (χ3v) is 4.01. The van der Waals surface area contributed by atoms with Crippen LogP contribution in [0, 0.1) is 10.1 Å². The molecule has 0 aliphatic carbocycles. The Kier molecular flexibility index (Phi) is 5.14. The Morgan fingerprint density at radius 3 is 2.90 bits per heavy atom. The normalized spacial score (nSPS) is 19.7. The first-order valence-electron chi connectivity index (χ1n) is 7.40. The third kappa shape index (κ3) is 3.92. The average Bonchev–Trinajstić information content (AvgIpc) is 2.47. The van der Waals surface area contributed by atoms with Gasteiger partial charge in [0, 0.05) is 30.4 Å². The van der Waals surface area contributed by atoms with Crippen molar-refractivity contribution in [1.29, 1.82) is 0 Å². The maximum Gasteiger partial charge on any atom is 0.276 e. The molecular weight excluding hydrogens is 270 g/mol. The van der Waals surface area contributed by atoms with Gasteiger partial charge >= 0.3 is 0 Å². The van der Waals surface area contributed by atoms with E-state index in [2.05, 4.69) is 24.1 Å². The lowest BCUT2D eigenvalue weighted by Crippen LogP contribution is -2.45. The second-order valence-electron chi connectivity index (χ2n) is 5.83. The van der Waals surface area contributed by atoms with Gasteiger partial charge in [-0.2, -0.15) is 0 Å². The second-order valence-corrected chi connectivity index (χ2v) is 5.83. The van der Waals surface area contributed by atoms with Crippen LogP contribution in [0.25, 0.3) is 0 Å². The van der Waals surface area contributed by atoms with Crippen molar-refractivity contribution in [1.82, 2.24) is 4.90 Å². The monoisotopic (exact) mass is 293 g/mol. The third-order valence-electron chi connectivity index (χ3n) is 4.01. The molecule has 1 atom stereocenters. The Balaban J connectivity index is 2.09. The standard InChI is InChI=1S/C15H23N3O3/c1-11(2)17-7-3-4-14(9-17)16-13-6-5-12(10-19)15(8-13)18(20)21/h5-6,8,11,14,16,19H,3-4,7,9-10H2,1-2H3. The molecule has 6 nitrogen and oxygen atoms in total. The van der Waals surface area contributed by atoms with Crippen LogP contribution in [0.5, 0.6) is 0 Å². The minimum Gasteiger partial charge on any atom is -0.391 e. The van der Waals surface area contributed by atoms with Gasteiger partial charge in [-0.3, -0.25) is 15.0 Å². The first-order chi connectivity index (χ1) is 10.0. The molecule has 1 fully saturated rings. The zero-order valence-corrected chi connectivity index (χ0v) is 12.6. The number of likely N-dealkylation sites (tertiary alicyclic amines) is 1. The number of rotatable bonds is 5. The molecular formula is C15H23N3O3. The van der Waals surface area contributed by atoms with E-state index in [1.165, 1.54) is 6.07 Å². The van der Waals surface area contributed by atoms with Crippen LogP contribution in [0.1, 0.15) is 32.3 Å². The van der Waals surface area contributed by atoms with E-state index in [1.54, 1.807) is 12.1 Å². The Labute approximate surface area is 124 Å². The first-order valence-corrected chi connectivity index (χ1v) is 7.40. The summed E-state index contributed by atoms with van der Waals surface area (Å²) in [5.41, 5.74) is 1.06. The lowest BCUT2D eigenvalue weighted by atomic mass is 10.0. The fourth-order valence-corrected chi connectivity index (χ4v) is 2.79. The number of nitrogens with zero attached hydrogens (tertiary/aromatic N) is 2. The minimum absolute atomic E-state index is 0.0287. The Morgan fingerprint density at radius 1 is 1.52 bits per heavy atom. The maximum atomic E-state index is 11.0. The van der Waals surface area contributed by atoms with E-state index >= 15 is 0 Å². The van der Waals surface area contributed by atoms with Gasteiger partial charge in [0.2, 0.25) is 0 Å². The quantitative estimate of drug-likeness (QED) is 0.643. The van der Waals surface area contributed by atoms with E-state index in [9.17, 15) is 10.1 Å². The van der Waals surface area contributed by atoms with E-state index < -0.39 is 4.92 Å². The van der Waals surface area contributed by atoms with Gasteiger partial charge in [0.15, 0.2) is 0 Å².